The molecule has 0 aromatic rings. The van der Waals surface area contributed by atoms with Crippen LogP contribution in [0.5, 0.6) is 0 Å². The highest BCUT2D eigenvalue weighted by Crippen LogP contribution is 2.04. The molecule has 0 fully saturated rings. The summed E-state index contributed by atoms with van der Waals surface area (Å²) in [5, 5.41) is 2.84. The van der Waals surface area contributed by atoms with Gasteiger partial charge in [-0.25, -0.2) is 0 Å². The molecule has 0 spiro atoms. The van der Waals surface area contributed by atoms with Gasteiger partial charge in [-0.3, -0.25) is 9.00 Å². The maximum atomic E-state index is 11.7. The number of carbonyl (C=O) groups excluding carboxylic acids is 1. The third-order valence-electron chi connectivity index (χ3n) is 2.17. The summed E-state index contributed by atoms with van der Waals surface area (Å²) in [7, 11) is -0.877. The highest BCUT2D eigenvalue weighted by Gasteiger charge is 2.17. The van der Waals surface area contributed by atoms with Crippen LogP contribution in [0.3, 0.4) is 0 Å². The van der Waals surface area contributed by atoms with Crippen molar-refractivity contribution < 1.29 is 9.00 Å². The fraction of sp³-hybridized carbons (Fsp3) is 0.900. The fourth-order valence-corrected chi connectivity index (χ4v) is 2.25. The summed E-state index contributed by atoms with van der Waals surface area (Å²) in [6.45, 7) is 4.26. The van der Waals surface area contributed by atoms with Gasteiger partial charge in [-0.2, -0.15) is 0 Å². The second-order valence-electron chi connectivity index (χ2n) is 3.87. The van der Waals surface area contributed by atoms with Gasteiger partial charge < -0.3 is 11.1 Å². The van der Waals surface area contributed by atoms with Crippen LogP contribution < -0.4 is 11.1 Å². The summed E-state index contributed by atoms with van der Waals surface area (Å²) in [5.74, 6) is 0.370. The molecule has 0 aliphatic carbocycles. The van der Waals surface area contributed by atoms with Crippen LogP contribution >= 0.6 is 0 Å². The number of amides is 1. The van der Waals surface area contributed by atoms with E-state index < -0.39 is 10.8 Å². The van der Waals surface area contributed by atoms with Gasteiger partial charge in [0.25, 0.3) is 0 Å². The molecular weight excluding hydrogens is 212 g/mol. The maximum Gasteiger partial charge on any atom is 0.224 e. The molecule has 5 heteroatoms. The van der Waals surface area contributed by atoms with E-state index in [2.05, 4.69) is 5.32 Å². The molecule has 4 nitrogen and oxygen atoms in total. The number of nitrogens with one attached hydrogen (secondary N) is 1. The molecule has 0 bridgehead atoms. The van der Waals surface area contributed by atoms with Gasteiger partial charge in [0.2, 0.25) is 5.91 Å². The van der Waals surface area contributed by atoms with E-state index in [1.165, 1.54) is 0 Å². The lowest BCUT2D eigenvalue weighted by Gasteiger charge is -2.17. The Labute approximate surface area is 94.4 Å². The molecule has 0 aromatic carbocycles. The fourth-order valence-electron chi connectivity index (χ4n) is 1.46. The van der Waals surface area contributed by atoms with Crippen molar-refractivity contribution >= 4 is 16.7 Å². The van der Waals surface area contributed by atoms with Crippen LogP contribution in [0, 0.1) is 5.92 Å². The summed E-state index contributed by atoms with van der Waals surface area (Å²) < 4.78 is 10.9. The Morgan fingerprint density at radius 1 is 1.53 bits per heavy atom. The van der Waals surface area contributed by atoms with E-state index in [-0.39, 0.29) is 17.9 Å². The second-order valence-corrected chi connectivity index (χ2v) is 5.35. The standard InChI is InChI=1S/C10H22N2O2S/c1-4-5-9(6-11)10(13)12-8(2)7-15(3)14/h8-9H,4-7,11H2,1-3H3,(H,12,13). The van der Waals surface area contributed by atoms with E-state index in [0.717, 1.165) is 12.8 Å². The normalized spacial score (nSPS) is 16.8. The molecule has 0 heterocycles. The first-order valence-electron chi connectivity index (χ1n) is 5.31. The zero-order chi connectivity index (χ0) is 11.8. The van der Waals surface area contributed by atoms with Crippen LogP contribution in [-0.4, -0.2) is 34.7 Å². The van der Waals surface area contributed by atoms with Crippen LogP contribution in [-0.2, 0) is 15.6 Å². The molecule has 3 atom stereocenters. The van der Waals surface area contributed by atoms with Gasteiger partial charge in [0, 0.05) is 35.4 Å². The average Bonchev–Trinajstić information content (AvgIpc) is 2.12. The van der Waals surface area contributed by atoms with Crippen LogP contribution in [0.4, 0.5) is 0 Å². The Kier molecular flexibility index (Phi) is 7.60. The first kappa shape index (κ1) is 14.6. The Morgan fingerprint density at radius 3 is 2.53 bits per heavy atom. The molecule has 0 aliphatic heterocycles. The summed E-state index contributed by atoms with van der Waals surface area (Å²) in [6.07, 6.45) is 3.39. The van der Waals surface area contributed by atoms with E-state index in [4.69, 9.17) is 5.73 Å². The first-order valence-corrected chi connectivity index (χ1v) is 7.04. The number of carbonyl (C=O) groups is 1. The van der Waals surface area contributed by atoms with Gasteiger partial charge in [0.1, 0.15) is 0 Å². The summed E-state index contributed by atoms with van der Waals surface area (Å²) in [4.78, 5) is 11.7. The van der Waals surface area contributed by atoms with E-state index in [1.54, 1.807) is 6.26 Å². The maximum absolute atomic E-state index is 11.7. The van der Waals surface area contributed by atoms with Crippen LogP contribution in [0.1, 0.15) is 26.7 Å². The van der Waals surface area contributed by atoms with E-state index in [1.807, 2.05) is 13.8 Å². The van der Waals surface area contributed by atoms with Crippen LogP contribution in [0.25, 0.3) is 0 Å². The quantitative estimate of drug-likeness (QED) is 0.663. The van der Waals surface area contributed by atoms with Crippen molar-refractivity contribution in [1.29, 1.82) is 0 Å². The van der Waals surface area contributed by atoms with Crippen LogP contribution in [0.15, 0.2) is 0 Å². The largest absolute Gasteiger partial charge is 0.352 e. The Morgan fingerprint density at radius 2 is 2.13 bits per heavy atom. The van der Waals surface area contributed by atoms with Crippen LogP contribution in [0.2, 0.25) is 0 Å². The number of hydrogen-bond acceptors (Lipinski definition) is 3. The zero-order valence-corrected chi connectivity index (χ0v) is 10.6. The lowest BCUT2D eigenvalue weighted by Crippen LogP contribution is -2.42. The molecular formula is C10H22N2O2S. The lowest BCUT2D eigenvalue weighted by molar-refractivity contribution is -0.125. The summed E-state index contributed by atoms with van der Waals surface area (Å²) >= 11 is 0. The van der Waals surface area contributed by atoms with Gasteiger partial charge in [-0.1, -0.05) is 13.3 Å². The second kappa shape index (κ2) is 7.82. The molecule has 0 aromatic heterocycles. The molecule has 0 saturated carbocycles. The highest BCUT2D eigenvalue weighted by molar-refractivity contribution is 7.84. The van der Waals surface area contributed by atoms with Crippen molar-refractivity contribution in [2.24, 2.45) is 11.7 Å². The number of hydrogen-bond donors (Lipinski definition) is 2. The van der Waals surface area contributed by atoms with Crippen molar-refractivity contribution in [1.82, 2.24) is 5.32 Å². The first-order chi connectivity index (χ1) is 7.01. The lowest BCUT2D eigenvalue weighted by atomic mass is 10.0. The molecule has 15 heavy (non-hydrogen) atoms. The molecule has 1 amide bonds. The monoisotopic (exact) mass is 234 g/mol. The number of rotatable bonds is 7. The number of nitrogens with two attached hydrogens (primary N) is 1. The predicted molar refractivity (Wildman–Crippen MR) is 64.0 cm³/mol. The topological polar surface area (TPSA) is 72.2 Å². The predicted octanol–water partition coefficient (Wildman–Crippen LogP) is 0.245. The summed E-state index contributed by atoms with van der Waals surface area (Å²) in [5.41, 5.74) is 5.52. The van der Waals surface area contributed by atoms with Gasteiger partial charge >= 0.3 is 0 Å². The van der Waals surface area contributed by atoms with Crippen molar-refractivity contribution in [3.63, 3.8) is 0 Å². The highest BCUT2D eigenvalue weighted by atomic mass is 32.2. The van der Waals surface area contributed by atoms with Gasteiger partial charge in [-0.05, 0) is 13.3 Å². The van der Waals surface area contributed by atoms with Gasteiger partial charge in [0.05, 0.1) is 5.92 Å². The smallest absolute Gasteiger partial charge is 0.224 e. The van der Waals surface area contributed by atoms with E-state index in [0.29, 0.717) is 12.3 Å². The minimum atomic E-state index is -0.877. The summed E-state index contributed by atoms with van der Waals surface area (Å²) in [6, 6.07) is -0.0470. The van der Waals surface area contributed by atoms with Crippen molar-refractivity contribution in [2.75, 3.05) is 18.6 Å². The van der Waals surface area contributed by atoms with Gasteiger partial charge in [0.15, 0.2) is 0 Å². The van der Waals surface area contributed by atoms with Crippen molar-refractivity contribution in [2.45, 2.75) is 32.7 Å². The molecule has 0 rings (SSSR count). The Bertz CT molecular complexity index is 221. The Balaban J connectivity index is 4.03. The molecule has 3 unspecified atom stereocenters. The minimum absolute atomic E-state index is 0.0164. The van der Waals surface area contributed by atoms with Crippen molar-refractivity contribution in [3.05, 3.63) is 0 Å². The molecule has 3 N–H and O–H groups in total. The average molecular weight is 234 g/mol. The van der Waals surface area contributed by atoms with Crippen molar-refractivity contribution in [3.8, 4) is 0 Å². The van der Waals surface area contributed by atoms with E-state index in [9.17, 15) is 9.00 Å². The van der Waals surface area contributed by atoms with E-state index >= 15 is 0 Å². The van der Waals surface area contributed by atoms with Gasteiger partial charge in [-0.15, -0.1) is 0 Å². The SMILES string of the molecule is CCCC(CN)C(=O)NC(C)CS(C)=O. The molecule has 90 valence electrons. The molecule has 0 saturated heterocycles. The third kappa shape index (κ3) is 6.62. The third-order valence-corrected chi connectivity index (χ3v) is 3.14. The zero-order valence-electron chi connectivity index (χ0n) is 9.79. The minimum Gasteiger partial charge on any atom is -0.352 e. The Hall–Kier alpha value is -0.420. The molecule has 0 aliphatic rings. The molecule has 0 radical (unpaired) electrons.